The van der Waals surface area contributed by atoms with E-state index in [0.717, 1.165) is 11.8 Å². The molecule has 86 valence electrons. The van der Waals surface area contributed by atoms with E-state index < -0.39 is 9.84 Å². The topological polar surface area (TPSA) is 54.5 Å². The van der Waals surface area contributed by atoms with Crippen LogP contribution in [0.4, 0.5) is 4.79 Å². The molecular weight excluding hydrogens is 234 g/mol. The van der Waals surface area contributed by atoms with Crippen molar-refractivity contribution >= 4 is 26.8 Å². The summed E-state index contributed by atoms with van der Waals surface area (Å²) in [4.78, 5) is 14.0. The number of hydrogen-bond acceptors (Lipinski definition) is 4. The molecule has 0 aromatic rings. The van der Waals surface area contributed by atoms with Crippen molar-refractivity contribution in [2.24, 2.45) is 0 Å². The molecular formula is C9H15NO3S2. The summed E-state index contributed by atoms with van der Waals surface area (Å²) < 4.78 is 22.3. The van der Waals surface area contributed by atoms with Gasteiger partial charge in [0.15, 0.2) is 9.84 Å². The SMILES string of the molecule is CCN(CC)C(=O)SC1=CCS(=O)(=O)C1. The van der Waals surface area contributed by atoms with Crippen LogP contribution >= 0.6 is 11.8 Å². The van der Waals surface area contributed by atoms with E-state index in [9.17, 15) is 13.2 Å². The Bertz CT molecular complexity index is 369. The second kappa shape index (κ2) is 5.03. The van der Waals surface area contributed by atoms with Gasteiger partial charge in [-0.25, -0.2) is 8.42 Å². The van der Waals surface area contributed by atoms with Gasteiger partial charge in [-0.3, -0.25) is 4.79 Å². The van der Waals surface area contributed by atoms with E-state index in [1.165, 1.54) is 0 Å². The number of amides is 1. The fraction of sp³-hybridized carbons (Fsp3) is 0.667. The molecule has 0 unspecified atom stereocenters. The minimum atomic E-state index is -2.96. The molecule has 1 heterocycles. The average Bonchev–Trinajstić information content (AvgIpc) is 2.47. The van der Waals surface area contributed by atoms with Crippen molar-refractivity contribution in [1.29, 1.82) is 0 Å². The van der Waals surface area contributed by atoms with Crippen LogP contribution in [0.2, 0.25) is 0 Å². The number of carbonyl (C=O) groups is 1. The molecule has 0 aromatic carbocycles. The smallest absolute Gasteiger partial charge is 0.286 e. The molecule has 0 aromatic heterocycles. The number of rotatable bonds is 3. The van der Waals surface area contributed by atoms with Gasteiger partial charge in [-0.15, -0.1) is 0 Å². The molecule has 1 rings (SSSR count). The first-order chi connectivity index (χ1) is 6.98. The monoisotopic (exact) mass is 249 g/mol. The lowest BCUT2D eigenvalue weighted by atomic mass is 10.6. The third kappa shape index (κ3) is 3.53. The normalized spacial score (nSPS) is 18.7. The fourth-order valence-corrected chi connectivity index (χ4v) is 4.07. The summed E-state index contributed by atoms with van der Waals surface area (Å²) in [5.74, 6) is 0.0888. The molecule has 0 N–H and O–H groups in total. The van der Waals surface area contributed by atoms with Crippen LogP contribution in [0.5, 0.6) is 0 Å². The molecule has 0 saturated carbocycles. The molecule has 15 heavy (non-hydrogen) atoms. The summed E-state index contributed by atoms with van der Waals surface area (Å²) in [6.07, 6.45) is 1.63. The van der Waals surface area contributed by atoms with Gasteiger partial charge in [0, 0.05) is 18.0 Å². The molecule has 0 bridgehead atoms. The molecule has 4 nitrogen and oxygen atoms in total. The van der Waals surface area contributed by atoms with E-state index in [2.05, 4.69) is 0 Å². The fourth-order valence-electron chi connectivity index (χ4n) is 1.28. The lowest BCUT2D eigenvalue weighted by molar-refractivity contribution is 0.228. The van der Waals surface area contributed by atoms with Gasteiger partial charge in [0.2, 0.25) is 0 Å². The van der Waals surface area contributed by atoms with Gasteiger partial charge in [0.25, 0.3) is 5.24 Å². The van der Waals surface area contributed by atoms with Crippen LogP contribution < -0.4 is 0 Å². The Kier molecular flexibility index (Phi) is 4.21. The van der Waals surface area contributed by atoms with Crippen molar-refractivity contribution in [3.63, 3.8) is 0 Å². The van der Waals surface area contributed by atoms with Crippen LogP contribution in [-0.2, 0) is 9.84 Å². The Morgan fingerprint density at radius 3 is 2.47 bits per heavy atom. The Morgan fingerprint density at radius 2 is 2.07 bits per heavy atom. The maximum absolute atomic E-state index is 11.6. The second-order valence-electron chi connectivity index (χ2n) is 3.27. The standard InChI is InChI=1S/C9H15NO3S2/c1-3-10(4-2)9(11)14-8-5-6-15(12,13)7-8/h5H,3-4,6-7H2,1-2H3. The lowest BCUT2D eigenvalue weighted by Gasteiger charge is -2.17. The van der Waals surface area contributed by atoms with E-state index in [4.69, 9.17) is 0 Å². The second-order valence-corrected chi connectivity index (χ2v) is 6.45. The van der Waals surface area contributed by atoms with E-state index in [1.54, 1.807) is 11.0 Å². The summed E-state index contributed by atoms with van der Waals surface area (Å²) in [7, 11) is -2.96. The zero-order valence-electron chi connectivity index (χ0n) is 8.89. The van der Waals surface area contributed by atoms with E-state index in [-0.39, 0.29) is 16.7 Å². The first-order valence-corrected chi connectivity index (χ1v) is 7.48. The average molecular weight is 249 g/mol. The molecule has 0 atom stereocenters. The van der Waals surface area contributed by atoms with Crippen molar-refractivity contribution in [3.05, 3.63) is 11.0 Å². The molecule has 0 saturated heterocycles. The highest BCUT2D eigenvalue weighted by atomic mass is 32.2. The van der Waals surface area contributed by atoms with Crippen LogP contribution in [0.15, 0.2) is 11.0 Å². The predicted octanol–water partition coefficient (Wildman–Crippen LogP) is 1.49. The third-order valence-electron chi connectivity index (χ3n) is 2.17. The molecule has 1 aliphatic rings. The van der Waals surface area contributed by atoms with Crippen LogP contribution in [0.3, 0.4) is 0 Å². The van der Waals surface area contributed by atoms with Crippen LogP contribution in [0.1, 0.15) is 13.8 Å². The molecule has 0 aliphatic carbocycles. The van der Waals surface area contributed by atoms with Gasteiger partial charge in [-0.2, -0.15) is 0 Å². The van der Waals surface area contributed by atoms with Crippen molar-refractivity contribution in [2.75, 3.05) is 24.6 Å². The molecule has 0 spiro atoms. The first-order valence-electron chi connectivity index (χ1n) is 4.84. The zero-order valence-corrected chi connectivity index (χ0v) is 10.5. The first kappa shape index (κ1) is 12.6. The Labute approximate surface area is 94.6 Å². The number of thioether (sulfide) groups is 1. The number of carbonyl (C=O) groups excluding carboxylic acids is 1. The lowest BCUT2D eigenvalue weighted by Crippen LogP contribution is -2.26. The van der Waals surface area contributed by atoms with Crippen molar-refractivity contribution in [2.45, 2.75) is 13.8 Å². The van der Waals surface area contributed by atoms with Gasteiger partial charge >= 0.3 is 0 Å². The quantitative estimate of drug-likeness (QED) is 0.760. The summed E-state index contributed by atoms with van der Waals surface area (Å²) in [6.45, 7) is 5.12. The maximum Gasteiger partial charge on any atom is 0.286 e. The van der Waals surface area contributed by atoms with Crippen LogP contribution in [0, 0.1) is 0 Å². The molecule has 1 amide bonds. The van der Waals surface area contributed by atoms with Gasteiger partial charge in [-0.1, -0.05) is 6.08 Å². The van der Waals surface area contributed by atoms with Crippen molar-refractivity contribution in [1.82, 2.24) is 4.90 Å². The highest BCUT2D eigenvalue weighted by Crippen LogP contribution is 2.25. The molecule has 1 aliphatic heterocycles. The highest BCUT2D eigenvalue weighted by molar-refractivity contribution is 8.17. The molecule has 6 heteroatoms. The van der Waals surface area contributed by atoms with Crippen LogP contribution in [-0.4, -0.2) is 43.2 Å². The Balaban J connectivity index is 2.54. The largest absolute Gasteiger partial charge is 0.334 e. The molecule has 0 fully saturated rings. The van der Waals surface area contributed by atoms with Gasteiger partial charge in [-0.05, 0) is 25.6 Å². The van der Waals surface area contributed by atoms with Crippen molar-refractivity contribution in [3.8, 4) is 0 Å². The number of hydrogen-bond donors (Lipinski definition) is 0. The zero-order chi connectivity index (χ0) is 11.5. The minimum Gasteiger partial charge on any atom is -0.334 e. The van der Waals surface area contributed by atoms with Gasteiger partial charge < -0.3 is 4.90 Å². The van der Waals surface area contributed by atoms with E-state index in [1.807, 2.05) is 13.8 Å². The molecule has 0 radical (unpaired) electrons. The predicted molar refractivity (Wildman–Crippen MR) is 62.6 cm³/mol. The van der Waals surface area contributed by atoms with Crippen molar-refractivity contribution < 1.29 is 13.2 Å². The van der Waals surface area contributed by atoms with Crippen LogP contribution in [0.25, 0.3) is 0 Å². The van der Waals surface area contributed by atoms with E-state index in [0.29, 0.717) is 18.0 Å². The highest BCUT2D eigenvalue weighted by Gasteiger charge is 2.23. The van der Waals surface area contributed by atoms with Gasteiger partial charge in [0.05, 0.1) is 11.5 Å². The number of nitrogens with zero attached hydrogens (tertiary/aromatic N) is 1. The third-order valence-corrected chi connectivity index (χ3v) is 4.78. The Morgan fingerprint density at radius 1 is 1.47 bits per heavy atom. The minimum absolute atomic E-state index is 0.0185. The summed E-state index contributed by atoms with van der Waals surface area (Å²) >= 11 is 1.04. The van der Waals surface area contributed by atoms with E-state index >= 15 is 0 Å². The Hall–Kier alpha value is -0.490. The number of sulfone groups is 1. The summed E-state index contributed by atoms with van der Waals surface area (Å²) in [5, 5.41) is -0.0663. The van der Waals surface area contributed by atoms with Gasteiger partial charge in [0.1, 0.15) is 0 Å². The summed E-state index contributed by atoms with van der Waals surface area (Å²) in [5.41, 5.74) is 0. The maximum atomic E-state index is 11.6. The summed E-state index contributed by atoms with van der Waals surface area (Å²) in [6, 6.07) is 0.